The van der Waals surface area contributed by atoms with E-state index in [1.165, 1.54) is 13.0 Å². The number of amides is 1. The Morgan fingerprint density at radius 1 is 1.55 bits per heavy atom. The average Bonchev–Trinajstić information content (AvgIpc) is 2.76. The molecule has 110 valence electrons. The molecule has 1 aliphatic heterocycles. The molecule has 2 rings (SSSR count). The third-order valence-electron chi connectivity index (χ3n) is 3.71. The Hall–Kier alpha value is -1.46. The molecular formula is C15H22FN3O. The molecule has 0 spiro atoms. The number of carbonyl (C=O) groups is 1. The number of hydrogen-bond donors (Lipinski definition) is 2. The zero-order valence-corrected chi connectivity index (χ0v) is 12.0. The van der Waals surface area contributed by atoms with Gasteiger partial charge in [0, 0.05) is 38.1 Å². The zero-order chi connectivity index (χ0) is 14.7. The largest absolute Gasteiger partial charge is 0.352 e. The second-order valence-electron chi connectivity index (χ2n) is 5.54. The minimum absolute atomic E-state index is 0.0139. The number of carbonyl (C=O) groups excluding carboxylic acids is 1. The Kier molecular flexibility index (Phi) is 4.73. The summed E-state index contributed by atoms with van der Waals surface area (Å²) in [4.78, 5) is 13.3. The van der Waals surface area contributed by atoms with Crippen LogP contribution < -0.4 is 11.1 Å². The Bertz CT molecular complexity index is 478. The van der Waals surface area contributed by atoms with Gasteiger partial charge in [-0.25, -0.2) is 4.39 Å². The average molecular weight is 279 g/mol. The summed E-state index contributed by atoms with van der Waals surface area (Å²) in [5.74, 6) is -0.259. The smallest absolute Gasteiger partial charge is 0.217 e. The highest BCUT2D eigenvalue weighted by molar-refractivity contribution is 5.73. The third kappa shape index (κ3) is 3.55. The molecule has 0 saturated carbocycles. The first kappa shape index (κ1) is 14.9. The summed E-state index contributed by atoms with van der Waals surface area (Å²) in [6.07, 6.45) is 0.901. The summed E-state index contributed by atoms with van der Waals surface area (Å²) in [7, 11) is 0. The van der Waals surface area contributed by atoms with E-state index in [-0.39, 0.29) is 29.8 Å². The van der Waals surface area contributed by atoms with Gasteiger partial charge in [-0.15, -0.1) is 0 Å². The summed E-state index contributed by atoms with van der Waals surface area (Å²) in [5, 5.41) is 2.93. The lowest BCUT2D eigenvalue weighted by Crippen LogP contribution is -2.41. The summed E-state index contributed by atoms with van der Waals surface area (Å²) in [6, 6.07) is 6.62. The normalized spacial score (nSPS) is 22.5. The summed E-state index contributed by atoms with van der Waals surface area (Å²) in [5.41, 5.74) is 6.99. The van der Waals surface area contributed by atoms with Crippen molar-refractivity contribution in [2.24, 2.45) is 5.73 Å². The molecule has 3 unspecified atom stereocenters. The van der Waals surface area contributed by atoms with Crippen LogP contribution in [0.1, 0.15) is 31.9 Å². The number of benzene rings is 1. The maximum absolute atomic E-state index is 13.4. The molecule has 0 aromatic heterocycles. The summed E-state index contributed by atoms with van der Waals surface area (Å²) in [6.45, 7) is 5.07. The monoisotopic (exact) mass is 279 g/mol. The Balaban J connectivity index is 2.12. The lowest BCUT2D eigenvalue weighted by molar-refractivity contribution is -0.119. The van der Waals surface area contributed by atoms with Crippen molar-refractivity contribution >= 4 is 5.91 Å². The van der Waals surface area contributed by atoms with E-state index in [1.54, 1.807) is 12.1 Å². The van der Waals surface area contributed by atoms with Crippen LogP contribution >= 0.6 is 0 Å². The molecule has 3 atom stereocenters. The Morgan fingerprint density at radius 3 is 2.90 bits per heavy atom. The van der Waals surface area contributed by atoms with Gasteiger partial charge in [0.15, 0.2) is 0 Å². The quantitative estimate of drug-likeness (QED) is 0.876. The number of rotatable bonds is 4. The fraction of sp³-hybridized carbons (Fsp3) is 0.533. The number of nitrogens with zero attached hydrogens (tertiary/aromatic N) is 1. The van der Waals surface area contributed by atoms with Crippen LogP contribution in [-0.4, -0.2) is 36.0 Å². The minimum atomic E-state index is -0.245. The van der Waals surface area contributed by atoms with Crippen LogP contribution in [0.5, 0.6) is 0 Å². The summed E-state index contributed by atoms with van der Waals surface area (Å²) < 4.78 is 13.4. The van der Waals surface area contributed by atoms with Crippen molar-refractivity contribution in [1.29, 1.82) is 0 Å². The number of likely N-dealkylation sites (tertiary alicyclic amines) is 1. The van der Waals surface area contributed by atoms with Gasteiger partial charge in [0.2, 0.25) is 5.91 Å². The molecule has 1 aliphatic rings. The molecule has 1 aromatic carbocycles. The van der Waals surface area contributed by atoms with Gasteiger partial charge in [-0.1, -0.05) is 12.1 Å². The first-order valence-electron chi connectivity index (χ1n) is 6.99. The van der Waals surface area contributed by atoms with Crippen LogP contribution in [-0.2, 0) is 4.79 Å². The second kappa shape index (κ2) is 6.33. The number of halogens is 1. The molecule has 0 radical (unpaired) electrons. The first-order valence-corrected chi connectivity index (χ1v) is 6.99. The van der Waals surface area contributed by atoms with Crippen molar-refractivity contribution in [2.75, 3.05) is 13.1 Å². The molecule has 5 heteroatoms. The van der Waals surface area contributed by atoms with E-state index in [9.17, 15) is 9.18 Å². The fourth-order valence-electron chi connectivity index (χ4n) is 2.98. The van der Waals surface area contributed by atoms with Gasteiger partial charge in [-0.2, -0.15) is 0 Å². The number of hydrogen-bond acceptors (Lipinski definition) is 3. The van der Waals surface area contributed by atoms with Crippen molar-refractivity contribution in [3.05, 3.63) is 35.6 Å². The maximum Gasteiger partial charge on any atom is 0.217 e. The molecule has 0 bridgehead atoms. The van der Waals surface area contributed by atoms with Gasteiger partial charge in [-0.3, -0.25) is 9.69 Å². The standard InChI is InChI=1S/C15H22FN3O/c1-10(17)15(12-4-3-5-13(16)8-12)19-7-6-14(9-19)18-11(2)20/h3-5,8,10,14-15H,6-7,9,17H2,1-2H3,(H,18,20). The van der Waals surface area contributed by atoms with Crippen LogP contribution in [0.15, 0.2) is 24.3 Å². The molecule has 1 amide bonds. The van der Waals surface area contributed by atoms with Crippen LogP contribution in [0.4, 0.5) is 4.39 Å². The highest BCUT2D eigenvalue weighted by Crippen LogP contribution is 2.27. The first-order chi connectivity index (χ1) is 9.47. The van der Waals surface area contributed by atoms with Crippen LogP contribution in [0.25, 0.3) is 0 Å². The minimum Gasteiger partial charge on any atom is -0.352 e. The van der Waals surface area contributed by atoms with E-state index in [0.717, 1.165) is 25.1 Å². The summed E-state index contributed by atoms with van der Waals surface area (Å²) >= 11 is 0. The SMILES string of the molecule is CC(=O)NC1CCN(C(c2cccc(F)c2)C(C)N)C1. The predicted octanol–water partition coefficient (Wildman–Crippen LogP) is 1.42. The van der Waals surface area contributed by atoms with E-state index in [1.807, 2.05) is 13.0 Å². The van der Waals surface area contributed by atoms with Gasteiger partial charge in [-0.05, 0) is 31.0 Å². The van der Waals surface area contributed by atoms with E-state index >= 15 is 0 Å². The van der Waals surface area contributed by atoms with Gasteiger partial charge in [0.25, 0.3) is 0 Å². The van der Waals surface area contributed by atoms with Gasteiger partial charge < -0.3 is 11.1 Å². The van der Waals surface area contributed by atoms with E-state index in [2.05, 4.69) is 10.2 Å². The molecule has 4 nitrogen and oxygen atoms in total. The van der Waals surface area contributed by atoms with Gasteiger partial charge in [0.05, 0.1) is 0 Å². The maximum atomic E-state index is 13.4. The van der Waals surface area contributed by atoms with E-state index < -0.39 is 0 Å². The Morgan fingerprint density at radius 2 is 2.30 bits per heavy atom. The second-order valence-corrected chi connectivity index (χ2v) is 5.54. The van der Waals surface area contributed by atoms with Crippen LogP contribution in [0.2, 0.25) is 0 Å². The zero-order valence-electron chi connectivity index (χ0n) is 12.0. The molecule has 0 aliphatic carbocycles. The van der Waals surface area contributed by atoms with Gasteiger partial charge in [0.1, 0.15) is 5.82 Å². The number of nitrogens with two attached hydrogens (primary N) is 1. The highest BCUT2D eigenvalue weighted by atomic mass is 19.1. The van der Waals surface area contributed by atoms with Crippen LogP contribution in [0, 0.1) is 5.82 Å². The van der Waals surface area contributed by atoms with E-state index in [4.69, 9.17) is 5.73 Å². The van der Waals surface area contributed by atoms with Crippen molar-refractivity contribution in [2.45, 2.75) is 38.4 Å². The van der Waals surface area contributed by atoms with Crippen molar-refractivity contribution in [1.82, 2.24) is 10.2 Å². The third-order valence-corrected chi connectivity index (χ3v) is 3.71. The molecule has 1 saturated heterocycles. The molecule has 1 aromatic rings. The molecule has 1 heterocycles. The Labute approximate surface area is 119 Å². The molecule has 3 N–H and O–H groups in total. The van der Waals surface area contributed by atoms with Gasteiger partial charge >= 0.3 is 0 Å². The fourth-order valence-corrected chi connectivity index (χ4v) is 2.98. The van der Waals surface area contributed by atoms with Crippen molar-refractivity contribution in [3.63, 3.8) is 0 Å². The van der Waals surface area contributed by atoms with Crippen molar-refractivity contribution in [3.8, 4) is 0 Å². The molecule has 20 heavy (non-hydrogen) atoms. The lowest BCUT2D eigenvalue weighted by Gasteiger charge is -2.31. The lowest BCUT2D eigenvalue weighted by atomic mass is 9.99. The topological polar surface area (TPSA) is 58.4 Å². The predicted molar refractivity (Wildman–Crippen MR) is 76.6 cm³/mol. The van der Waals surface area contributed by atoms with Crippen molar-refractivity contribution < 1.29 is 9.18 Å². The van der Waals surface area contributed by atoms with E-state index in [0.29, 0.717) is 0 Å². The molecule has 1 fully saturated rings. The van der Waals surface area contributed by atoms with Crippen LogP contribution in [0.3, 0.4) is 0 Å². The highest BCUT2D eigenvalue weighted by Gasteiger charge is 2.31. The molecular weight excluding hydrogens is 257 g/mol. The number of nitrogens with one attached hydrogen (secondary N) is 1.